The van der Waals surface area contributed by atoms with Gasteiger partial charge < -0.3 is 10.1 Å². The largest absolute Gasteiger partial charge is 0.573 e. The summed E-state index contributed by atoms with van der Waals surface area (Å²) >= 11 is 0. The SMILES string of the molecule is CCNc1nccnc1-c1cccc(OC(F)(F)F)c1. The zero-order chi connectivity index (χ0) is 14.6. The van der Waals surface area contributed by atoms with Crippen molar-refractivity contribution in [3.05, 3.63) is 36.7 Å². The van der Waals surface area contributed by atoms with Crippen molar-refractivity contribution in [2.24, 2.45) is 0 Å². The molecule has 0 aliphatic rings. The molecular formula is C13H12F3N3O. The van der Waals surface area contributed by atoms with Crippen LogP contribution in [0.15, 0.2) is 36.7 Å². The minimum atomic E-state index is -4.72. The molecule has 0 aliphatic carbocycles. The first-order valence-corrected chi connectivity index (χ1v) is 5.90. The monoisotopic (exact) mass is 283 g/mol. The van der Waals surface area contributed by atoms with Crippen LogP contribution in [0.25, 0.3) is 11.3 Å². The lowest BCUT2D eigenvalue weighted by Crippen LogP contribution is -2.17. The highest BCUT2D eigenvalue weighted by Crippen LogP contribution is 2.29. The van der Waals surface area contributed by atoms with Gasteiger partial charge in [0.05, 0.1) is 0 Å². The third kappa shape index (κ3) is 3.59. The van der Waals surface area contributed by atoms with Crippen LogP contribution in [0.4, 0.5) is 19.0 Å². The summed E-state index contributed by atoms with van der Waals surface area (Å²) in [5.41, 5.74) is 0.970. The Balaban J connectivity index is 2.36. The van der Waals surface area contributed by atoms with Crippen LogP contribution in [0, 0.1) is 0 Å². The minimum absolute atomic E-state index is 0.289. The molecule has 1 aromatic heterocycles. The van der Waals surface area contributed by atoms with E-state index in [9.17, 15) is 13.2 Å². The summed E-state index contributed by atoms with van der Waals surface area (Å²) in [7, 11) is 0. The first-order chi connectivity index (χ1) is 9.49. The molecule has 7 heteroatoms. The Morgan fingerprint density at radius 2 is 1.95 bits per heavy atom. The number of hydrogen-bond acceptors (Lipinski definition) is 4. The summed E-state index contributed by atoms with van der Waals surface area (Å²) in [6.07, 6.45) is -1.73. The summed E-state index contributed by atoms with van der Waals surface area (Å²) in [5, 5.41) is 3.01. The van der Waals surface area contributed by atoms with Crippen molar-refractivity contribution < 1.29 is 17.9 Å². The molecule has 1 heterocycles. The van der Waals surface area contributed by atoms with Crippen LogP contribution in [-0.2, 0) is 0 Å². The number of rotatable bonds is 4. The van der Waals surface area contributed by atoms with E-state index in [1.807, 2.05) is 6.92 Å². The standard InChI is InChI=1S/C13H12F3N3O/c1-2-17-12-11(18-6-7-19-12)9-4-3-5-10(8-9)20-13(14,15)16/h3-8H,2H2,1H3,(H,17,19). The Morgan fingerprint density at radius 1 is 1.20 bits per heavy atom. The fourth-order valence-corrected chi connectivity index (χ4v) is 1.69. The number of ether oxygens (including phenoxy) is 1. The first kappa shape index (κ1) is 14.1. The predicted molar refractivity (Wildman–Crippen MR) is 68.3 cm³/mol. The van der Waals surface area contributed by atoms with Gasteiger partial charge in [0.2, 0.25) is 0 Å². The molecule has 4 nitrogen and oxygen atoms in total. The molecule has 0 saturated carbocycles. The van der Waals surface area contributed by atoms with E-state index < -0.39 is 6.36 Å². The van der Waals surface area contributed by atoms with Crippen LogP contribution in [0.2, 0.25) is 0 Å². The Bertz CT molecular complexity index is 587. The lowest BCUT2D eigenvalue weighted by molar-refractivity contribution is -0.274. The van der Waals surface area contributed by atoms with E-state index in [4.69, 9.17) is 0 Å². The van der Waals surface area contributed by atoms with Gasteiger partial charge in [0.1, 0.15) is 11.4 Å². The van der Waals surface area contributed by atoms with Gasteiger partial charge in [-0.05, 0) is 19.1 Å². The van der Waals surface area contributed by atoms with Gasteiger partial charge in [0.15, 0.2) is 5.82 Å². The van der Waals surface area contributed by atoms with Crippen molar-refractivity contribution in [1.82, 2.24) is 9.97 Å². The van der Waals surface area contributed by atoms with Crippen LogP contribution in [0.1, 0.15) is 6.92 Å². The number of nitrogens with one attached hydrogen (secondary N) is 1. The first-order valence-electron chi connectivity index (χ1n) is 5.90. The normalized spacial score (nSPS) is 11.2. The summed E-state index contributed by atoms with van der Waals surface area (Å²) in [5.74, 6) is 0.224. The summed E-state index contributed by atoms with van der Waals surface area (Å²) in [4.78, 5) is 8.26. The number of aromatic nitrogens is 2. The van der Waals surface area contributed by atoms with Crippen molar-refractivity contribution >= 4 is 5.82 Å². The lowest BCUT2D eigenvalue weighted by Gasteiger charge is -2.11. The zero-order valence-electron chi connectivity index (χ0n) is 10.6. The van der Waals surface area contributed by atoms with E-state index in [-0.39, 0.29) is 5.75 Å². The Hall–Kier alpha value is -2.31. The summed E-state index contributed by atoms with van der Waals surface area (Å²) in [6.45, 7) is 2.52. The van der Waals surface area contributed by atoms with Crippen molar-refractivity contribution in [1.29, 1.82) is 0 Å². The molecule has 0 aliphatic heterocycles. The second-order valence-electron chi connectivity index (χ2n) is 3.86. The third-order valence-corrected chi connectivity index (χ3v) is 2.38. The van der Waals surface area contributed by atoms with Gasteiger partial charge in [-0.1, -0.05) is 12.1 Å². The molecule has 106 valence electrons. The maximum absolute atomic E-state index is 12.2. The van der Waals surface area contributed by atoms with Crippen LogP contribution in [0.3, 0.4) is 0 Å². The molecule has 0 atom stereocenters. The van der Waals surface area contributed by atoms with Gasteiger partial charge in [0.25, 0.3) is 0 Å². The van der Waals surface area contributed by atoms with Crippen LogP contribution in [0.5, 0.6) is 5.75 Å². The molecule has 1 N–H and O–H groups in total. The molecule has 0 fully saturated rings. The average Bonchev–Trinajstić information content (AvgIpc) is 2.38. The quantitative estimate of drug-likeness (QED) is 0.933. The number of nitrogens with zero attached hydrogens (tertiary/aromatic N) is 2. The van der Waals surface area contributed by atoms with E-state index in [2.05, 4.69) is 20.0 Å². The number of anilines is 1. The fourth-order valence-electron chi connectivity index (χ4n) is 1.69. The molecule has 0 saturated heterocycles. The van der Waals surface area contributed by atoms with E-state index in [0.717, 1.165) is 0 Å². The third-order valence-electron chi connectivity index (χ3n) is 2.38. The maximum Gasteiger partial charge on any atom is 0.573 e. The lowest BCUT2D eigenvalue weighted by atomic mass is 10.1. The highest BCUT2D eigenvalue weighted by Gasteiger charge is 2.31. The second-order valence-corrected chi connectivity index (χ2v) is 3.86. The molecule has 2 aromatic rings. The average molecular weight is 283 g/mol. The highest BCUT2D eigenvalue weighted by molar-refractivity contribution is 5.72. The summed E-state index contributed by atoms with van der Waals surface area (Å²) in [6, 6.07) is 5.63. The van der Waals surface area contributed by atoms with E-state index >= 15 is 0 Å². The van der Waals surface area contributed by atoms with Crippen molar-refractivity contribution in [2.45, 2.75) is 13.3 Å². The highest BCUT2D eigenvalue weighted by atomic mass is 19.4. The van der Waals surface area contributed by atoms with Gasteiger partial charge in [0, 0.05) is 24.5 Å². The van der Waals surface area contributed by atoms with E-state index in [1.54, 1.807) is 6.07 Å². The molecule has 2 rings (SSSR count). The molecule has 0 amide bonds. The van der Waals surface area contributed by atoms with Crippen molar-refractivity contribution in [3.8, 4) is 17.0 Å². The van der Waals surface area contributed by atoms with E-state index in [1.165, 1.54) is 30.6 Å². The number of alkyl halides is 3. The fraction of sp³-hybridized carbons (Fsp3) is 0.231. The van der Waals surface area contributed by atoms with Gasteiger partial charge in [-0.25, -0.2) is 4.98 Å². The summed E-state index contributed by atoms with van der Waals surface area (Å²) < 4.78 is 40.5. The van der Waals surface area contributed by atoms with Gasteiger partial charge in [-0.3, -0.25) is 4.98 Å². The molecule has 0 bridgehead atoms. The number of benzene rings is 1. The van der Waals surface area contributed by atoms with Crippen LogP contribution >= 0.6 is 0 Å². The van der Waals surface area contributed by atoms with Gasteiger partial charge >= 0.3 is 6.36 Å². The zero-order valence-corrected chi connectivity index (χ0v) is 10.6. The van der Waals surface area contributed by atoms with Crippen LogP contribution < -0.4 is 10.1 Å². The Kier molecular flexibility index (Phi) is 4.07. The molecule has 0 unspecified atom stereocenters. The topological polar surface area (TPSA) is 47.0 Å². The Morgan fingerprint density at radius 3 is 2.65 bits per heavy atom. The molecule has 0 radical (unpaired) electrons. The van der Waals surface area contributed by atoms with Gasteiger partial charge in [-0.2, -0.15) is 0 Å². The van der Waals surface area contributed by atoms with Gasteiger partial charge in [-0.15, -0.1) is 13.2 Å². The molecule has 20 heavy (non-hydrogen) atoms. The molecule has 0 spiro atoms. The number of hydrogen-bond donors (Lipinski definition) is 1. The van der Waals surface area contributed by atoms with Crippen molar-refractivity contribution in [3.63, 3.8) is 0 Å². The molecule has 1 aromatic carbocycles. The van der Waals surface area contributed by atoms with Crippen molar-refractivity contribution in [2.75, 3.05) is 11.9 Å². The second kappa shape index (κ2) is 5.77. The number of halogens is 3. The smallest absolute Gasteiger partial charge is 0.406 e. The molecular weight excluding hydrogens is 271 g/mol. The maximum atomic E-state index is 12.2. The predicted octanol–water partition coefficient (Wildman–Crippen LogP) is 3.47. The Labute approximate surface area is 113 Å². The van der Waals surface area contributed by atoms with Crippen LogP contribution in [-0.4, -0.2) is 22.9 Å². The van der Waals surface area contributed by atoms with E-state index in [0.29, 0.717) is 23.6 Å². The minimum Gasteiger partial charge on any atom is -0.406 e.